The summed E-state index contributed by atoms with van der Waals surface area (Å²) in [7, 11) is 4.20. The summed E-state index contributed by atoms with van der Waals surface area (Å²) in [6.07, 6.45) is 1.14. The first-order valence-corrected chi connectivity index (χ1v) is 6.53. The molecule has 0 saturated carbocycles. The molecule has 0 aromatic heterocycles. The van der Waals surface area contributed by atoms with Crippen LogP contribution in [0.2, 0.25) is 5.02 Å². The summed E-state index contributed by atoms with van der Waals surface area (Å²) in [6.45, 7) is 5.48. The molecule has 0 aliphatic rings. The van der Waals surface area contributed by atoms with Crippen LogP contribution in [-0.4, -0.2) is 31.6 Å². The first kappa shape index (κ1) is 14.5. The van der Waals surface area contributed by atoms with E-state index in [2.05, 4.69) is 44.2 Å². The summed E-state index contributed by atoms with van der Waals surface area (Å²) in [5.41, 5.74) is 1.17. The Morgan fingerprint density at radius 2 is 1.88 bits per heavy atom. The molecule has 1 aromatic carbocycles. The molecular weight excluding hydrogens is 232 g/mol. The Balaban J connectivity index is 2.49. The Bertz CT molecular complexity index is 339. The first-order chi connectivity index (χ1) is 8.00. The maximum absolute atomic E-state index is 6.18. The highest BCUT2D eigenvalue weighted by Gasteiger charge is 2.11. The van der Waals surface area contributed by atoms with E-state index in [1.165, 1.54) is 5.56 Å². The van der Waals surface area contributed by atoms with Crippen LogP contribution in [0.3, 0.4) is 0 Å². The molecule has 2 nitrogen and oxygen atoms in total. The van der Waals surface area contributed by atoms with Gasteiger partial charge in [0.25, 0.3) is 0 Å². The Morgan fingerprint density at radius 3 is 2.47 bits per heavy atom. The van der Waals surface area contributed by atoms with E-state index in [1.54, 1.807) is 0 Å². The van der Waals surface area contributed by atoms with Gasteiger partial charge in [-0.3, -0.25) is 0 Å². The van der Waals surface area contributed by atoms with Crippen LogP contribution in [0, 0.1) is 0 Å². The van der Waals surface area contributed by atoms with Gasteiger partial charge in [-0.1, -0.05) is 29.8 Å². The van der Waals surface area contributed by atoms with E-state index in [9.17, 15) is 0 Å². The topological polar surface area (TPSA) is 15.3 Å². The highest BCUT2D eigenvalue weighted by Crippen LogP contribution is 2.22. The Labute approximate surface area is 110 Å². The number of nitrogens with zero attached hydrogens (tertiary/aromatic N) is 1. The van der Waals surface area contributed by atoms with Gasteiger partial charge in [0.15, 0.2) is 0 Å². The van der Waals surface area contributed by atoms with Crippen LogP contribution in [-0.2, 0) is 0 Å². The second-order valence-electron chi connectivity index (χ2n) is 4.90. The zero-order valence-corrected chi connectivity index (χ0v) is 12.0. The zero-order valence-electron chi connectivity index (χ0n) is 11.2. The molecule has 0 amide bonds. The molecule has 0 heterocycles. The molecule has 3 heteroatoms. The predicted molar refractivity (Wildman–Crippen MR) is 75.6 cm³/mol. The van der Waals surface area contributed by atoms with E-state index in [4.69, 9.17) is 11.6 Å². The van der Waals surface area contributed by atoms with Gasteiger partial charge in [0.1, 0.15) is 0 Å². The van der Waals surface area contributed by atoms with Crippen LogP contribution in [0.5, 0.6) is 0 Å². The van der Waals surface area contributed by atoms with Crippen molar-refractivity contribution in [3.63, 3.8) is 0 Å². The highest BCUT2D eigenvalue weighted by atomic mass is 35.5. The van der Waals surface area contributed by atoms with Gasteiger partial charge in [-0.2, -0.15) is 0 Å². The summed E-state index contributed by atoms with van der Waals surface area (Å²) in [5.74, 6) is 0. The van der Waals surface area contributed by atoms with Crippen molar-refractivity contribution in [3.05, 3.63) is 34.9 Å². The maximum Gasteiger partial charge on any atom is 0.0453 e. The summed E-state index contributed by atoms with van der Waals surface area (Å²) < 4.78 is 0. The number of halogens is 1. The summed E-state index contributed by atoms with van der Waals surface area (Å²) >= 11 is 6.18. The third-order valence-corrected chi connectivity index (χ3v) is 3.26. The largest absolute Gasteiger partial charge is 0.309 e. The molecule has 0 spiro atoms. The van der Waals surface area contributed by atoms with Gasteiger partial charge in [0.2, 0.25) is 0 Å². The molecule has 0 saturated heterocycles. The van der Waals surface area contributed by atoms with E-state index in [0.29, 0.717) is 12.1 Å². The zero-order chi connectivity index (χ0) is 12.8. The van der Waals surface area contributed by atoms with Gasteiger partial charge in [0, 0.05) is 17.1 Å². The molecule has 0 fully saturated rings. The van der Waals surface area contributed by atoms with E-state index >= 15 is 0 Å². The fourth-order valence-corrected chi connectivity index (χ4v) is 2.18. The number of benzene rings is 1. The maximum atomic E-state index is 6.18. The number of rotatable bonds is 6. The van der Waals surface area contributed by atoms with Gasteiger partial charge in [-0.05, 0) is 52.5 Å². The van der Waals surface area contributed by atoms with Crippen LogP contribution in [0.15, 0.2) is 24.3 Å². The van der Waals surface area contributed by atoms with Gasteiger partial charge >= 0.3 is 0 Å². The molecule has 0 bridgehead atoms. The van der Waals surface area contributed by atoms with E-state index < -0.39 is 0 Å². The normalized spacial score (nSPS) is 14.9. The summed E-state index contributed by atoms with van der Waals surface area (Å²) in [5, 5.41) is 4.42. The summed E-state index contributed by atoms with van der Waals surface area (Å²) in [6, 6.07) is 8.81. The molecule has 2 atom stereocenters. The number of hydrogen-bond acceptors (Lipinski definition) is 2. The van der Waals surface area contributed by atoms with Crippen molar-refractivity contribution in [1.29, 1.82) is 0 Å². The van der Waals surface area contributed by atoms with Crippen LogP contribution in [0.25, 0.3) is 0 Å². The molecule has 0 aliphatic heterocycles. The second-order valence-corrected chi connectivity index (χ2v) is 5.31. The van der Waals surface area contributed by atoms with Gasteiger partial charge < -0.3 is 10.2 Å². The van der Waals surface area contributed by atoms with Crippen molar-refractivity contribution in [1.82, 2.24) is 10.2 Å². The van der Waals surface area contributed by atoms with Crippen molar-refractivity contribution < 1.29 is 0 Å². The van der Waals surface area contributed by atoms with Crippen molar-refractivity contribution in [2.45, 2.75) is 32.4 Å². The van der Waals surface area contributed by atoms with E-state index in [1.807, 2.05) is 18.2 Å². The highest BCUT2D eigenvalue weighted by molar-refractivity contribution is 6.31. The lowest BCUT2D eigenvalue weighted by molar-refractivity contribution is 0.354. The van der Waals surface area contributed by atoms with Crippen molar-refractivity contribution in [2.75, 3.05) is 20.6 Å². The quantitative estimate of drug-likeness (QED) is 0.838. The molecule has 0 radical (unpaired) electrons. The predicted octanol–water partition coefficient (Wildman–Crippen LogP) is 3.33. The van der Waals surface area contributed by atoms with Crippen LogP contribution < -0.4 is 5.32 Å². The molecule has 1 rings (SSSR count). The fraction of sp³-hybridized carbons (Fsp3) is 0.571. The minimum atomic E-state index is 0.292. The summed E-state index contributed by atoms with van der Waals surface area (Å²) in [4.78, 5) is 2.21. The Morgan fingerprint density at radius 1 is 1.24 bits per heavy atom. The Hall–Kier alpha value is -0.570. The lowest BCUT2D eigenvalue weighted by atomic mass is 10.1. The van der Waals surface area contributed by atoms with Crippen LogP contribution in [0.1, 0.15) is 31.9 Å². The third kappa shape index (κ3) is 5.07. The van der Waals surface area contributed by atoms with Gasteiger partial charge in [-0.15, -0.1) is 0 Å². The van der Waals surface area contributed by atoms with Crippen molar-refractivity contribution >= 4 is 11.6 Å². The Kier molecular flexibility index (Phi) is 5.96. The number of nitrogens with one attached hydrogen (secondary N) is 1. The molecule has 96 valence electrons. The lowest BCUT2D eigenvalue weighted by Gasteiger charge is -2.22. The second kappa shape index (κ2) is 7.00. The van der Waals surface area contributed by atoms with Crippen molar-refractivity contribution in [3.8, 4) is 0 Å². The minimum Gasteiger partial charge on any atom is -0.309 e. The smallest absolute Gasteiger partial charge is 0.0453 e. The molecule has 1 aromatic rings. The monoisotopic (exact) mass is 254 g/mol. The lowest BCUT2D eigenvalue weighted by Crippen LogP contribution is -2.32. The third-order valence-electron chi connectivity index (χ3n) is 2.92. The van der Waals surface area contributed by atoms with Crippen LogP contribution in [0.4, 0.5) is 0 Å². The molecule has 1 N–H and O–H groups in total. The first-order valence-electron chi connectivity index (χ1n) is 6.16. The standard InChI is InChI=1S/C14H23ClN2/c1-11(9-10-17(3)4)16-12(2)13-7-5-6-8-14(13)15/h5-8,11-12,16H,9-10H2,1-4H3. The van der Waals surface area contributed by atoms with Crippen molar-refractivity contribution in [2.24, 2.45) is 0 Å². The van der Waals surface area contributed by atoms with E-state index in [-0.39, 0.29) is 0 Å². The average Bonchev–Trinajstić information content (AvgIpc) is 2.26. The van der Waals surface area contributed by atoms with Crippen LogP contribution >= 0.6 is 11.6 Å². The SMILES string of the molecule is CC(CCN(C)C)NC(C)c1ccccc1Cl. The van der Waals surface area contributed by atoms with Gasteiger partial charge in [0.05, 0.1) is 0 Å². The number of hydrogen-bond donors (Lipinski definition) is 1. The average molecular weight is 255 g/mol. The minimum absolute atomic E-state index is 0.292. The molecule has 17 heavy (non-hydrogen) atoms. The van der Waals surface area contributed by atoms with Gasteiger partial charge in [-0.25, -0.2) is 0 Å². The fourth-order valence-electron chi connectivity index (χ4n) is 1.88. The molecular formula is C14H23ClN2. The molecule has 0 aliphatic carbocycles. The molecule has 2 unspecified atom stereocenters. The van der Waals surface area contributed by atoms with E-state index in [0.717, 1.165) is 18.0 Å².